The van der Waals surface area contributed by atoms with Gasteiger partial charge < -0.3 is 19.3 Å². The van der Waals surface area contributed by atoms with Gasteiger partial charge in [0.05, 0.1) is 32.5 Å². The van der Waals surface area contributed by atoms with Gasteiger partial charge in [-0.15, -0.1) is 0 Å². The summed E-state index contributed by atoms with van der Waals surface area (Å²) in [6.45, 7) is 3.81. The third-order valence-electron chi connectivity index (χ3n) is 4.94. The van der Waals surface area contributed by atoms with Crippen molar-refractivity contribution in [1.29, 1.82) is 0 Å². The van der Waals surface area contributed by atoms with Crippen molar-refractivity contribution in [2.24, 2.45) is 0 Å². The highest BCUT2D eigenvalue weighted by atomic mass is 16.5. The minimum absolute atomic E-state index is 0.246. The fourth-order valence-electron chi connectivity index (χ4n) is 3.51. The van der Waals surface area contributed by atoms with Crippen LogP contribution in [0, 0.1) is 0 Å². The molecule has 0 amide bonds. The third kappa shape index (κ3) is 6.91. The van der Waals surface area contributed by atoms with Crippen molar-refractivity contribution in [3.63, 3.8) is 0 Å². The standard InChI is InChI=1S/C23H31NO4/c1-26-22-11-9-19(10-12-22)14-24(16-23-8-5-13-28-23)15-21(25)18-27-17-20-6-3-2-4-7-20/h2-4,6-7,9-12,21,23,25H,5,8,13-18H2,1H3/t21-,23-/m0/s1. The number of aliphatic hydroxyl groups excluding tert-OH is 1. The maximum Gasteiger partial charge on any atom is 0.118 e. The molecule has 0 spiro atoms. The van der Waals surface area contributed by atoms with Gasteiger partial charge in [-0.3, -0.25) is 4.90 Å². The van der Waals surface area contributed by atoms with Crippen molar-refractivity contribution in [1.82, 2.24) is 4.90 Å². The van der Waals surface area contributed by atoms with E-state index in [-0.39, 0.29) is 6.10 Å². The second-order valence-electron chi connectivity index (χ2n) is 7.33. The summed E-state index contributed by atoms with van der Waals surface area (Å²) in [5, 5.41) is 10.5. The van der Waals surface area contributed by atoms with E-state index in [0.29, 0.717) is 19.8 Å². The third-order valence-corrected chi connectivity index (χ3v) is 4.94. The molecule has 152 valence electrons. The van der Waals surface area contributed by atoms with Crippen LogP contribution >= 0.6 is 0 Å². The Morgan fingerprint density at radius 2 is 1.89 bits per heavy atom. The van der Waals surface area contributed by atoms with Gasteiger partial charge in [-0.2, -0.15) is 0 Å². The minimum atomic E-state index is -0.539. The van der Waals surface area contributed by atoms with Crippen molar-refractivity contribution in [3.8, 4) is 5.75 Å². The van der Waals surface area contributed by atoms with Crippen LogP contribution in [0.1, 0.15) is 24.0 Å². The molecule has 0 radical (unpaired) electrons. The molecular weight excluding hydrogens is 354 g/mol. The van der Waals surface area contributed by atoms with Crippen LogP contribution in [0.2, 0.25) is 0 Å². The van der Waals surface area contributed by atoms with Gasteiger partial charge in [-0.25, -0.2) is 0 Å². The molecule has 1 N–H and O–H groups in total. The molecule has 3 rings (SSSR count). The van der Waals surface area contributed by atoms with Crippen molar-refractivity contribution in [2.75, 3.05) is 33.4 Å². The van der Waals surface area contributed by atoms with Gasteiger partial charge in [0.1, 0.15) is 5.75 Å². The summed E-state index contributed by atoms with van der Waals surface area (Å²) in [5.41, 5.74) is 2.31. The predicted molar refractivity (Wildman–Crippen MR) is 109 cm³/mol. The zero-order valence-corrected chi connectivity index (χ0v) is 16.6. The highest BCUT2D eigenvalue weighted by Crippen LogP contribution is 2.17. The van der Waals surface area contributed by atoms with Crippen molar-refractivity contribution >= 4 is 0 Å². The van der Waals surface area contributed by atoms with Crippen LogP contribution in [0.4, 0.5) is 0 Å². The van der Waals surface area contributed by atoms with E-state index in [1.807, 2.05) is 42.5 Å². The van der Waals surface area contributed by atoms with Crippen LogP contribution in [-0.2, 0) is 22.6 Å². The molecule has 5 heteroatoms. The molecule has 28 heavy (non-hydrogen) atoms. The molecule has 1 saturated heterocycles. The topological polar surface area (TPSA) is 51.2 Å². The second-order valence-corrected chi connectivity index (χ2v) is 7.33. The summed E-state index contributed by atoms with van der Waals surface area (Å²) in [6, 6.07) is 18.1. The molecule has 2 atom stereocenters. The first-order valence-corrected chi connectivity index (χ1v) is 9.99. The quantitative estimate of drug-likeness (QED) is 0.643. The normalized spacial score (nSPS) is 17.8. The van der Waals surface area contributed by atoms with E-state index in [0.717, 1.165) is 43.9 Å². The number of benzene rings is 2. The van der Waals surface area contributed by atoms with Gasteiger partial charge in [0.2, 0.25) is 0 Å². The van der Waals surface area contributed by atoms with Crippen molar-refractivity contribution in [2.45, 2.75) is 38.2 Å². The molecule has 1 aliphatic heterocycles. The van der Waals surface area contributed by atoms with E-state index in [1.165, 1.54) is 5.56 Å². The molecule has 0 aliphatic carbocycles. The first-order valence-electron chi connectivity index (χ1n) is 9.99. The first kappa shape index (κ1) is 20.8. The highest BCUT2D eigenvalue weighted by Gasteiger charge is 2.21. The van der Waals surface area contributed by atoms with Gasteiger partial charge in [0.25, 0.3) is 0 Å². The van der Waals surface area contributed by atoms with E-state index >= 15 is 0 Å². The van der Waals surface area contributed by atoms with Gasteiger partial charge in [-0.1, -0.05) is 42.5 Å². The van der Waals surface area contributed by atoms with Crippen molar-refractivity contribution < 1.29 is 19.3 Å². The number of methoxy groups -OCH3 is 1. The van der Waals surface area contributed by atoms with E-state index < -0.39 is 6.10 Å². The Labute approximate surface area is 167 Å². The Kier molecular flexibility index (Phi) is 8.30. The molecule has 2 aromatic carbocycles. The summed E-state index contributed by atoms with van der Waals surface area (Å²) in [7, 11) is 1.67. The van der Waals surface area contributed by atoms with E-state index in [9.17, 15) is 5.11 Å². The first-order chi connectivity index (χ1) is 13.7. The smallest absolute Gasteiger partial charge is 0.118 e. The van der Waals surface area contributed by atoms with Crippen LogP contribution in [0.25, 0.3) is 0 Å². The van der Waals surface area contributed by atoms with Crippen LogP contribution in [-0.4, -0.2) is 55.6 Å². The number of rotatable bonds is 11. The fourth-order valence-corrected chi connectivity index (χ4v) is 3.51. The Balaban J connectivity index is 1.51. The Morgan fingerprint density at radius 1 is 1.11 bits per heavy atom. The minimum Gasteiger partial charge on any atom is -0.497 e. The zero-order valence-electron chi connectivity index (χ0n) is 16.6. The number of aliphatic hydroxyl groups is 1. The lowest BCUT2D eigenvalue weighted by atomic mass is 10.1. The van der Waals surface area contributed by atoms with Crippen LogP contribution < -0.4 is 4.74 Å². The van der Waals surface area contributed by atoms with Gasteiger partial charge in [-0.05, 0) is 36.1 Å². The zero-order chi connectivity index (χ0) is 19.6. The number of ether oxygens (including phenoxy) is 3. The number of nitrogens with zero attached hydrogens (tertiary/aromatic N) is 1. The molecule has 0 bridgehead atoms. The molecule has 1 aliphatic rings. The summed E-state index contributed by atoms with van der Waals surface area (Å²) < 4.78 is 16.7. The van der Waals surface area contributed by atoms with E-state index in [1.54, 1.807) is 7.11 Å². The Hall–Kier alpha value is -1.92. The SMILES string of the molecule is COc1ccc(CN(C[C@H](O)COCc2ccccc2)C[C@@H]2CCCO2)cc1. The fraction of sp³-hybridized carbons (Fsp3) is 0.478. The summed E-state index contributed by atoms with van der Waals surface area (Å²) in [4.78, 5) is 2.26. The monoisotopic (exact) mass is 385 g/mol. The van der Waals surface area contributed by atoms with Crippen LogP contribution in [0.3, 0.4) is 0 Å². The summed E-state index contributed by atoms with van der Waals surface area (Å²) in [6.07, 6.45) is 1.91. The molecule has 0 aromatic heterocycles. The lowest BCUT2D eigenvalue weighted by molar-refractivity contribution is -0.00287. The highest BCUT2D eigenvalue weighted by molar-refractivity contribution is 5.27. The molecule has 1 heterocycles. The molecule has 5 nitrogen and oxygen atoms in total. The summed E-state index contributed by atoms with van der Waals surface area (Å²) in [5.74, 6) is 0.851. The predicted octanol–water partition coefficient (Wildman–Crippen LogP) is 3.25. The maximum atomic E-state index is 10.5. The Bertz CT molecular complexity index is 671. The summed E-state index contributed by atoms with van der Waals surface area (Å²) >= 11 is 0. The van der Waals surface area contributed by atoms with E-state index in [2.05, 4.69) is 17.0 Å². The number of hydrogen-bond acceptors (Lipinski definition) is 5. The lowest BCUT2D eigenvalue weighted by Crippen LogP contribution is -2.39. The number of hydrogen-bond donors (Lipinski definition) is 1. The van der Waals surface area contributed by atoms with Gasteiger partial charge in [0, 0.05) is 26.2 Å². The average molecular weight is 386 g/mol. The average Bonchev–Trinajstić information content (AvgIpc) is 3.22. The van der Waals surface area contributed by atoms with Gasteiger partial charge >= 0.3 is 0 Å². The van der Waals surface area contributed by atoms with Crippen LogP contribution in [0.15, 0.2) is 54.6 Å². The second kappa shape index (κ2) is 11.2. The Morgan fingerprint density at radius 3 is 2.57 bits per heavy atom. The molecule has 0 saturated carbocycles. The molecular formula is C23H31NO4. The van der Waals surface area contributed by atoms with Crippen molar-refractivity contribution in [3.05, 3.63) is 65.7 Å². The molecule has 2 aromatic rings. The molecule has 1 fully saturated rings. The lowest BCUT2D eigenvalue weighted by Gasteiger charge is -2.27. The maximum absolute atomic E-state index is 10.5. The van der Waals surface area contributed by atoms with Crippen LogP contribution in [0.5, 0.6) is 5.75 Å². The van der Waals surface area contributed by atoms with Gasteiger partial charge in [0.15, 0.2) is 0 Å². The molecule has 0 unspecified atom stereocenters. The largest absolute Gasteiger partial charge is 0.497 e. The van der Waals surface area contributed by atoms with E-state index in [4.69, 9.17) is 14.2 Å².